The Bertz CT molecular complexity index is 569. The van der Waals surface area contributed by atoms with Gasteiger partial charge in [0.1, 0.15) is 0 Å². The van der Waals surface area contributed by atoms with Gasteiger partial charge >= 0.3 is 0 Å². The Kier molecular flexibility index (Phi) is 4.44. The summed E-state index contributed by atoms with van der Waals surface area (Å²) >= 11 is 0. The van der Waals surface area contributed by atoms with Crippen LogP contribution in [-0.4, -0.2) is 29.3 Å². The predicted octanol–water partition coefficient (Wildman–Crippen LogP) is 3.50. The third kappa shape index (κ3) is 3.56. The van der Waals surface area contributed by atoms with Gasteiger partial charge in [0.05, 0.1) is 28.8 Å². The van der Waals surface area contributed by atoms with E-state index in [1.807, 2.05) is 0 Å². The molecule has 0 saturated carbocycles. The van der Waals surface area contributed by atoms with Crippen LogP contribution in [0.15, 0.2) is 18.2 Å². The average Bonchev–Trinajstić information content (AvgIpc) is 2.59. The molecule has 1 aliphatic rings. The van der Waals surface area contributed by atoms with E-state index in [4.69, 9.17) is 9.47 Å². The Labute approximate surface area is 131 Å². The molecule has 1 N–H and O–H groups in total. The summed E-state index contributed by atoms with van der Waals surface area (Å²) in [7, 11) is 1.58. The van der Waals surface area contributed by atoms with Gasteiger partial charge in [0.15, 0.2) is 0 Å². The quantitative estimate of drug-likeness (QED) is 0.665. The van der Waals surface area contributed by atoms with Crippen LogP contribution in [0, 0.1) is 10.1 Å². The zero-order valence-corrected chi connectivity index (χ0v) is 13.8. The van der Waals surface area contributed by atoms with Crippen molar-refractivity contribution in [3.63, 3.8) is 0 Å². The summed E-state index contributed by atoms with van der Waals surface area (Å²) in [4.78, 5) is 10.5. The predicted molar refractivity (Wildman–Crippen MR) is 85.1 cm³/mol. The largest absolute Gasteiger partial charge is 0.380 e. The van der Waals surface area contributed by atoms with E-state index < -0.39 is 4.92 Å². The Morgan fingerprint density at radius 3 is 2.59 bits per heavy atom. The second-order valence-electron chi connectivity index (χ2n) is 6.90. The molecule has 1 atom stereocenters. The number of ether oxygens (including phenoxy) is 2. The number of nitrogens with zero attached hydrogens (tertiary/aromatic N) is 1. The number of methoxy groups -OCH3 is 1. The Morgan fingerprint density at radius 2 is 2.09 bits per heavy atom. The second kappa shape index (κ2) is 5.85. The van der Waals surface area contributed by atoms with E-state index in [0.717, 1.165) is 17.7 Å². The number of hydrogen-bond donors (Lipinski definition) is 1. The average molecular weight is 308 g/mol. The molecule has 22 heavy (non-hydrogen) atoms. The van der Waals surface area contributed by atoms with Gasteiger partial charge in [0.25, 0.3) is 5.69 Å². The molecule has 1 aliphatic heterocycles. The molecule has 1 fully saturated rings. The number of hydrogen-bond acceptors (Lipinski definition) is 5. The molecule has 122 valence electrons. The van der Waals surface area contributed by atoms with E-state index in [1.165, 1.54) is 6.07 Å². The lowest BCUT2D eigenvalue weighted by molar-refractivity contribution is -0.384. The number of non-ortho nitro benzene ring substituents is 1. The molecular weight excluding hydrogens is 284 g/mol. The number of nitro benzene ring substituents is 1. The van der Waals surface area contributed by atoms with Crippen molar-refractivity contribution < 1.29 is 14.4 Å². The fourth-order valence-electron chi connectivity index (χ4n) is 3.08. The monoisotopic (exact) mass is 308 g/mol. The summed E-state index contributed by atoms with van der Waals surface area (Å²) in [6.45, 7) is 8.58. The Morgan fingerprint density at radius 1 is 1.41 bits per heavy atom. The number of nitro groups is 1. The molecule has 0 radical (unpaired) electrons. The normalized spacial score (nSPS) is 22.5. The fourth-order valence-corrected chi connectivity index (χ4v) is 3.08. The zero-order chi connectivity index (χ0) is 16.5. The summed E-state index contributed by atoms with van der Waals surface area (Å²) in [5, 5.41) is 14.4. The molecule has 1 unspecified atom stereocenters. The maximum atomic E-state index is 10.9. The Hall–Kier alpha value is -1.66. The molecule has 6 nitrogen and oxygen atoms in total. The maximum Gasteiger partial charge on any atom is 0.269 e. The van der Waals surface area contributed by atoms with Crippen molar-refractivity contribution in [1.29, 1.82) is 0 Å². The number of nitrogens with one attached hydrogen (secondary N) is 1. The lowest BCUT2D eigenvalue weighted by Crippen LogP contribution is -2.38. The molecule has 1 heterocycles. The lowest BCUT2D eigenvalue weighted by atomic mass is 9.94. The number of rotatable bonds is 5. The molecule has 2 rings (SSSR count). The van der Waals surface area contributed by atoms with Crippen molar-refractivity contribution in [1.82, 2.24) is 0 Å². The summed E-state index contributed by atoms with van der Waals surface area (Å²) < 4.78 is 11.2. The summed E-state index contributed by atoms with van der Waals surface area (Å²) in [5.74, 6) is 0. The highest BCUT2D eigenvalue weighted by atomic mass is 16.6. The third-order valence-corrected chi connectivity index (χ3v) is 4.00. The van der Waals surface area contributed by atoms with E-state index in [0.29, 0.717) is 6.61 Å². The highest BCUT2D eigenvalue weighted by Gasteiger charge is 2.45. The van der Waals surface area contributed by atoms with Crippen LogP contribution in [0.1, 0.15) is 39.7 Å². The van der Waals surface area contributed by atoms with Crippen molar-refractivity contribution in [2.24, 2.45) is 0 Å². The van der Waals surface area contributed by atoms with Crippen molar-refractivity contribution in [3.8, 4) is 0 Å². The fraction of sp³-hybridized carbons (Fsp3) is 0.625. The van der Waals surface area contributed by atoms with Crippen LogP contribution in [0.25, 0.3) is 0 Å². The summed E-state index contributed by atoms with van der Waals surface area (Å²) in [5.41, 5.74) is 1.20. The lowest BCUT2D eigenvalue weighted by Gasteiger charge is -2.29. The van der Waals surface area contributed by atoms with Crippen molar-refractivity contribution >= 4 is 11.4 Å². The van der Waals surface area contributed by atoms with Gasteiger partial charge in [-0.25, -0.2) is 0 Å². The van der Waals surface area contributed by atoms with E-state index in [1.54, 1.807) is 19.2 Å². The molecule has 1 aromatic rings. The smallest absolute Gasteiger partial charge is 0.269 e. The van der Waals surface area contributed by atoms with E-state index in [-0.39, 0.29) is 22.9 Å². The van der Waals surface area contributed by atoms with Gasteiger partial charge in [-0.15, -0.1) is 0 Å². The van der Waals surface area contributed by atoms with Crippen molar-refractivity contribution in [3.05, 3.63) is 33.9 Å². The highest BCUT2D eigenvalue weighted by molar-refractivity contribution is 5.57. The van der Waals surface area contributed by atoms with Gasteiger partial charge in [-0.3, -0.25) is 10.1 Å². The van der Waals surface area contributed by atoms with Gasteiger partial charge in [0, 0.05) is 30.5 Å². The molecular formula is C16H24N2O4. The van der Waals surface area contributed by atoms with Crippen LogP contribution >= 0.6 is 0 Å². The van der Waals surface area contributed by atoms with Crippen LogP contribution in [0.5, 0.6) is 0 Å². The third-order valence-electron chi connectivity index (χ3n) is 4.00. The first-order valence-corrected chi connectivity index (χ1v) is 7.37. The Balaban J connectivity index is 2.27. The molecule has 0 amide bonds. The van der Waals surface area contributed by atoms with Gasteiger partial charge in [-0.05, 0) is 40.2 Å². The first kappa shape index (κ1) is 16.7. The number of benzene rings is 1. The standard InChI is InChI=1S/C16H24N2O4/c1-15(2)9-14(16(3,4)22-15)17-13-7-6-12(18(19)20)8-11(13)10-21-5/h6-8,14,17H,9-10H2,1-5H3. The van der Waals surface area contributed by atoms with Crippen LogP contribution in [0.3, 0.4) is 0 Å². The molecule has 6 heteroatoms. The number of anilines is 1. The first-order valence-electron chi connectivity index (χ1n) is 7.37. The van der Waals surface area contributed by atoms with E-state index in [9.17, 15) is 10.1 Å². The topological polar surface area (TPSA) is 73.6 Å². The highest BCUT2D eigenvalue weighted by Crippen LogP contribution is 2.39. The minimum absolute atomic E-state index is 0.0693. The molecule has 0 aliphatic carbocycles. The molecule has 0 bridgehead atoms. The minimum Gasteiger partial charge on any atom is -0.380 e. The van der Waals surface area contributed by atoms with Crippen LogP contribution in [0.2, 0.25) is 0 Å². The van der Waals surface area contributed by atoms with Crippen LogP contribution in [-0.2, 0) is 16.1 Å². The summed E-state index contributed by atoms with van der Waals surface area (Å²) in [6.07, 6.45) is 0.864. The minimum atomic E-state index is -0.394. The van der Waals surface area contributed by atoms with Gasteiger partial charge in [0.2, 0.25) is 0 Å². The SMILES string of the molecule is COCc1cc([N+](=O)[O-])ccc1NC1CC(C)(C)OC1(C)C. The van der Waals surface area contributed by atoms with E-state index in [2.05, 4.69) is 33.0 Å². The van der Waals surface area contributed by atoms with Crippen molar-refractivity contribution in [2.45, 2.75) is 58.0 Å². The van der Waals surface area contributed by atoms with E-state index >= 15 is 0 Å². The second-order valence-corrected chi connectivity index (χ2v) is 6.90. The van der Waals surface area contributed by atoms with Crippen LogP contribution in [0.4, 0.5) is 11.4 Å². The van der Waals surface area contributed by atoms with Gasteiger partial charge in [-0.1, -0.05) is 0 Å². The van der Waals surface area contributed by atoms with Crippen LogP contribution < -0.4 is 5.32 Å². The zero-order valence-electron chi connectivity index (χ0n) is 13.8. The summed E-state index contributed by atoms with van der Waals surface area (Å²) in [6, 6.07) is 4.93. The maximum absolute atomic E-state index is 10.9. The molecule has 1 aromatic carbocycles. The van der Waals surface area contributed by atoms with Gasteiger partial charge in [-0.2, -0.15) is 0 Å². The first-order chi connectivity index (χ1) is 10.1. The van der Waals surface area contributed by atoms with Gasteiger partial charge < -0.3 is 14.8 Å². The van der Waals surface area contributed by atoms with Crippen molar-refractivity contribution in [2.75, 3.05) is 12.4 Å². The molecule has 0 spiro atoms. The molecule has 0 aromatic heterocycles. The molecule has 1 saturated heterocycles.